The number of aliphatic hydroxyl groups is 1. The summed E-state index contributed by atoms with van der Waals surface area (Å²) in [5.74, 6) is 0.366. The molecule has 238 valence electrons. The third-order valence-electron chi connectivity index (χ3n) is 7.71. The largest absolute Gasteiger partial charge is 0.493 e. The molecule has 2 rings (SSSR count). The smallest absolute Gasteiger partial charge is 0.223 e. The molecule has 1 amide bonds. The molecule has 0 saturated carbocycles. The molecular weight excluding hydrogens is 548 g/mol. The number of hydrogen-bond acceptors (Lipinski definition) is 8. The normalized spacial score (nSPS) is 14.7. The highest BCUT2D eigenvalue weighted by molar-refractivity contribution is 5.79. The number of ether oxygens (including phenoxy) is 3. The maximum Gasteiger partial charge on any atom is 0.223 e. The average Bonchev–Trinajstić information content (AvgIpc) is 3.00. The third-order valence-corrected chi connectivity index (χ3v) is 7.71. The molecular formula is C32H50N6O5. The number of hydrogen-bond donors (Lipinski definition) is 3. The first-order valence-electron chi connectivity index (χ1n) is 15.2. The van der Waals surface area contributed by atoms with Crippen molar-refractivity contribution in [2.45, 2.75) is 78.7 Å². The second-order valence-electron chi connectivity index (χ2n) is 11.4. The number of amides is 1. The van der Waals surface area contributed by atoms with E-state index in [0.29, 0.717) is 19.8 Å². The molecule has 0 bridgehead atoms. The van der Waals surface area contributed by atoms with Crippen molar-refractivity contribution in [3.05, 3.63) is 64.3 Å². The summed E-state index contributed by atoms with van der Waals surface area (Å²) in [5, 5.41) is 21.5. The summed E-state index contributed by atoms with van der Waals surface area (Å²) in [5.41, 5.74) is 12.0. The van der Waals surface area contributed by atoms with Crippen molar-refractivity contribution in [2.75, 3.05) is 38.8 Å². The van der Waals surface area contributed by atoms with Crippen LogP contribution >= 0.6 is 0 Å². The maximum absolute atomic E-state index is 13.5. The summed E-state index contributed by atoms with van der Waals surface area (Å²) in [6.45, 7) is 12.1. The van der Waals surface area contributed by atoms with Crippen LogP contribution in [0.4, 0.5) is 5.69 Å². The van der Waals surface area contributed by atoms with Gasteiger partial charge >= 0.3 is 0 Å². The van der Waals surface area contributed by atoms with Crippen LogP contribution in [0.25, 0.3) is 10.4 Å². The van der Waals surface area contributed by atoms with E-state index in [-0.39, 0.29) is 43.4 Å². The van der Waals surface area contributed by atoms with E-state index in [1.165, 1.54) is 0 Å². The molecule has 1 heterocycles. The number of carbonyl (C=O) groups excluding carboxylic acids is 1. The number of aliphatic hydroxyl groups excluding tert-OH is 1. The van der Waals surface area contributed by atoms with E-state index in [1.807, 2.05) is 51.1 Å². The van der Waals surface area contributed by atoms with Crippen LogP contribution in [-0.4, -0.2) is 67.7 Å². The van der Waals surface area contributed by atoms with Crippen LogP contribution in [0.1, 0.15) is 58.1 Å². The molecule has 0 saturated heterocycles. The van der Waals surface area contributed by atoms with Crippen molar-refractivity contribution in [1.82, 2.24) is 10.3 Å². The van der Waals surface area contributed by atoms with E-state index in [9.17, 15) is 15.4 Å². The van der Waals surface area contributed by atoms with Crippen LogP contribution in [0.3, 0.4) is 0 Å². The maximum atomic E-state index is 13.5. The summed E-state index contributed by atoms with van der Waals surface area (Å²) in [4.78, 5) is 20.5. The number of azide groups is 1. The predicted molar refractivity (Wildman–Crippen MR) is 169 cm³/mol. The van der Waals surface area contributed by atoms with E-state index < -0.39 is 18.1 Å². The van der Waals surface area contributed by atoms with Crippen LogP contribution < -0.4 is 15.4 Å². The van der Waals surface area contributed by atoms with Gasteiger partial charge in [0.1, 0.15) is 5.75 Å². The fourth-order valence-electron chi connectivity index (χ4n) is 4.63. The second-order valence-corrected chi connectivity index (χ2v) is 11.4. The van der Waals surface area contributed by atoms with Crippen molar-refractivity contribution >= 4 is 11.6 Å². The van der Waals surface area contributed by atoms with Crippen molar-refractivity contribution in [2.24, 2.45) is 22.9 Å². The molecule has 0 spiro atoms. The number of pyridine rings is 1. The Bertz CT molecular complexity index is 1130. The molecule has 43 heavy (non-hydrogen) atoms. The van der Waals surface area contributed by atoms with Gasteiger partial charge in [-0.25, -0.2) is 0 Å². The number of rotatable bonds is 21. The van der Waals surface area contributed by atoms with Gasteiger partial charge in [0.2, 0.25) is 5.91 Å². The zero-order valence-electron chi connectivity index (χ0n) is 26.5. The zero-order chi connectivity index (χ0) is 31.6. The summed E-state index contributed by atoms with van der Waals surface area (Å²) < 4.78 is 16.8. The van der Waals surface area contributed by atoms with Crippen molar-refractivity contribution in [3.8, 4) is 5.75 Å². The Kier molecular flexibility index (Phi) is 16.5. The first-order valence-corrected chi connectivity index (χ1v) is 15.2. The Morgan fingerprint density at radius 2 is 1.91 bits per heavy atom. The molecule has 0 fully saturated rings. The van der Waals surface area contributed by atoms with Gasteiger partial charge in [-0.05, 0) is 60.0 Å². The molecule has 0 unspecified atom stereocenters. The molecule has 3 N–H and O–H groups in total. The quantitative estimate of drug-likeness (QED) is 0.0725. The lowest BCUT2D eigenvalue weighted by Crippen LogP contribution is -2.48. The number of nitrogens with one attached hydrogen (secondary N) is 2. The molecule has 5 atom stereocenters. The van der Waals surface area contributed by atoms with E-state index in [1.54, 1.807) is 19.5 Å². The number of aromatic nitrogens is 1. The minimum Gasteiger partial charge on any atom is -0.493 e. The third kappa shape index (κ3) is 12.8. The van der Waals surface area contributed by atoms with Crippen LogP contribution in [-0.2, 0) is 20.9 Å². The number of aryl methyl sites for hydroxylation is 1. The molecule has 11 nitrogen and oxygen atoms in total. The van der Waals surface area contributed by atoms with E-state index in [0.717, 1.165) is 35.4 Å². The Hall–Kier alpha value is -3.37. The second kappa shape index (κ2) is 19.7. The van der Waals surface area contributed by atoms with Gasteiger partial charge in [0.25, 0.3) is 0 Å². The summed E-state index contributed by atoms with van der Waals surface area (Å²) >= 11 is 0. The molecule has 0 aliphatic rings. The number of carbonyl (C=O) groups is 1. The minimum absolute atomic E-state index is 0.0148. The van der Waals surface area contributed by atoms with Gasteiger partial charge in [0.05, 0.1) is 32.0 Å². The molecule has 0 aliphatic heterocycles. The predicted octanol–water partition coefficient (Wildman–Crippen LogP) is 5.67. The highest BCUT2D eigenvalue weighted by Gasteiger charge is 2.31. The van der Waals surface area contributed by atoms with Crippen molar-refractivity contribution in [3.63, 3.8) is 0 Å². The summed E-state index contributed by atoms with van der Waals surface area (Å²) in [7, 11) is 1.66. The van der Waals surface area contributed by atoms with Gasteiger partial charge in [-0.1, -0.05) is 51.4 Å². The van der Waals surface area contributed by atoms with Gasteiger partial charge in [0.15, 0.2) is 0 Å². The Morgan fingerprint density at radius 1 is 1.16 bits per heavy atom. The number of methoxy groups -OCH3 is 1. The van der Waals surface area contributed by atoms with E-state index >= 15 is 0 Å². The fraction of sp³-hybridized carbons (Fsp3) is 0.625. The lowest BCUT2D eigenvalue weighted by Gasteiger charge is -2.30. The highest BCUT2D eigenvalue weighted by Crippen LogP contribution is 2.23. The monoisotopic (exact) mass is 598 g/mol. The van der Waals surface area contributed by atoms with Crippen molar-refractivity contribution in [1.29, 1.82) is 0 Å². The van der Waals surface area contributed by atoms with Crippen LogP contribution in [0.2, 0.25) is 0 Å². The molecule has 0 aliphatic carbocycles. The minimum atomic E-state index is -1.05. The Labute approximate surface area is 256 Å². The van der Waals surface area contributed by atoms with Crippen LogP contribution in [0, 0.1) is 24.7 Å². The highest BCUT2D eigenvalue weighted by atomic mass is 16.5. The number of anilines is 1. The molecule has 1 aromatic heterocycles. The fourth-order valence-corrected chi connectivity index (χ4v) is 4.63. The van der Waals surface area contributed by atoms with Crippen LogP contribution in [0.5, 0.6) is 5.75 Å². The van der Waals surface area contributed by atoms with E-state index in [4.69, 9.17) is 14.2 Å². The zero-order valence-corrected chi connectivity index (χ0v) is 26.5. The molecule has 2 aromatic rings. The molecule has 1 aromatic carbocycles. The topological polar surface area (TPSA) is 151 Å². The Balaban J connectivity index is 1.99. The first-order chi connectivity index (χ1) is 20.7. The van der Waals surface area contributed by atoms with Crippen LogP contribution in [0.15, 0.2) is 47.8 Å². The summed E-state index contributed by atoms with van der Waals surface area (Å²) in [6, 6.07) is 8.67. The number of nitrogens with zero attached hydrogens (tertiary/aromatic N) is 4. The van der Waals surface area contributed by atoms with Gasteiger partial charge in [-0.15, -0.1) is 0 Å². The summed E-state index contributed by atoms with van der Waals surface area (Å²) in [6.07, 6.45) is 4.22. The molecule has 0 radical (unpaired) electrons. The van der Waals surface area contributed by atoms with E-state index in [2.05, 4.69) is 39.5 Å². The van der Waals surface area contributed by atoms with Gasteiger partial charge in [0, 0.05) is 61.6 Å². The van der Waals surface area contributed by atoms with Crippen molar-refractivity contribution < 1.29 is 24.1 Å². The average molecular weight is 599 g/mol. The molecule has 11 heteroatoms. The lowest BCUT2D eigenvalue weighted by atomic mass is 9.86. The SMILES string of the molecule is CC[C@H](C)[C@@H](CNc1ccncc1)NC(=O)[C@@H](C[C@H](O)[C@H](COCc1ccc(C)c(OCCCOC)c1)N=[N+]=[N-])C(C)C. The number of benzene rings is 1. The lowest BCUT2D eigenvalue weighted by molar-refractivity contribution is -0.128. The van der Waals surface area contributed by atoms with Gasteiger partial charge in [-0.2, -0.15) is 0 Å². The van der Waals surface area contributed by atoms with Gasteiger partial charge in [-0.3, -0.25) is 9.78 Å². The Morgan fingerprint density at radius 3 is 2.56 bits per heavy atom. The first kappa shape index (κ1) is 35.8. The van der Waals surface area contributed by atoms with Gasteiger partial charge < -0.3 is 30.0 Å². The standard InChI is InChI=1S/C32H50N6O5/c1-7-23(4)28(19-35-26-11-13-34-14-12-26)36-32(40)27(22(2)3)18-30(39)29(37-38-33)21-42-20-25-10-9-24(5)31(17-25)43-16-8-15-41-6/h9-14,17,22-23,27-30,39H,7-8,15-16,18-21H2,1-6H3,(H,34,35)(H,36,40)/t23-,27-,28+,29-,30-/m0/s1.